The number of hydrogen-bond donors (Lipinski definition) is 1. The van der Waals surface area contributed by atoms with Crippen molar-refractivity contribution in [2.75, 3.05) is 13.2 Å². The number of ether oxygens (including phenoxy) is 2. The molecule has 3 rings (SSSR count). The van der Waals surface area contributed by atoms with Crippen LogP contribution >= 0.6 is 0 Å². The van der Waals surface area contributed by atoms with Crippen molar-refractivity contribution >= 4 is 5.91 Å². The predicted octanol–water partition coefficient (Wildman–Crippen LogP) is 2.62. The lowest BCUT2D eigenvalue weighted by Gasteiger charge is -2.32. The van der Waals surface area contributed by atoms with Gasteiger partial charge in [0.15, 0.2) is 5.82 Å². The summed E-state index contributed by atoms with van der Waals surface area (Å²) in [6.07, 6.45) is 8.19. The smallest absolute Gasteiger partial charge is 0.257 e. The molecule has 0 saturated carbocycles. The lowest BCUT2D eigenvalue weighted by molar-refractivity contribution is -0.0760. The number of carbonyl (C=O) groups excluding carboxylic acids is 1. The fourth-order valence-electron chi connectivity index (χ4n) is 2.92. The van der Waals surface area contributed by atoms with Crippen molar-refractivity contribution < 1.29 is 14.3 Å². The summed E-state index contributed by atoms with van der Waals surface area (Å²) in [4.78, 5) is 25.4. The number of aromatic nitrogens is 3. The summed E-state index contributed by atoms with van der Waals surface area (Å²) in [5.41, 5.74) is 0.820. The van der Waals surface area contributed by atoms with Crippen LogP contribution in [-0.4, -0.2) is 34.1 Å². The zero-order chi connectivity index (χ0) is 18.4. The number of amides is 1. The van der Waals surface area contributed by atoms with Crippen molar-refractivity contribution in [3.05, 3.63) is 47.7 Å². The molecule has 138 valence electrons. The Morgan fingerprint density at radius 3 is 2.81 bits per heavy atom. The van der Waals surface area contributed by atoms with Crippen molar-refractivity contribution in [2.24, 2.45) is 0 Å². The Balaban J connectivity index is 1.62. The van der Waals surface area contributed by atoms with Gasteiger partial charge < -0.3 is 14.8 Å². The molecule has 1 aliphatic heterocycles. The number of carbonyl (C=O) groups is 1. The Bertz CT molecular complexity index is 743. The average Bonchev–Trinajstić information content (AvgIpc) is 2.68. The molecule has 1 aliphatic rings. The molecule has 1 fully saturated rings. The molecule has 3 heterocycles. The van der Waals surface area contributed by atoms with Crippen LogP contribution in [0.15, 0.2) is 30.7 Å². The van der Waals surface area contributed by atoms with E-state index in [0.717, 1.165) is 31.4 Å². The summed E-state index contributed by atoms with van der Waals surface area (Å²) in [6.45, 7) is 5.40. The third-order valence-electron chi connectivity index (χ3n) is 4.40. The molecule has 0 spiro atoms. The van der Waals surface area contributed by atoms with E-state index in [1.807, 2.05) is 13.8 Å². The van der Waals surface area contributed by atoms with E-state index >= 15 is 0 Å². The molecule has 26 heavy (non-hydrogen) atoms. The van der Waals surface area contributed by atoms with Crippen molar-refractivity contribution in [1.29, 1.82) is 0 Å². The van der Waals surface area contributed by atoms with Gasteiger partial charge in [-0.2, -0.15) is 0 Å². The SMILES string of the molecule is CCOc1ncccc1C(=O)NCc1cnc([C@]2(C)CCCCO2)nc1. The summed E-state index contributed by atoms with van der Waals surface area (Å²) >= 11 is 0. The van der Waals surface area contributed by atoms with Crippen LogP contribution in [0.25, 0.3) is 0 Å². The highest BCUT2D eigenvalue weighted by Gasteiger charge is 2.32. The van der Waals surface area contributed by atoms with Gasteiger partial charge in [-0.25, -0.2) is 15.0 Å². The largest absolute Gasteiger partial charge is 0.477 e. The van der Waals surface area contributed by atoms with Crippen LogP contribution in [0.1, 0.15) is 54.9 Å². The van der Waals surface area contributed by atoms with Crippen LogP contribution in [-0.2, 0) is 16.9 Å². The molecular formula is C19H24N4O3. The molecule has 0 bridgehead atoms. The van der Waals surface area contributed by atoms with Crippen molar-refractivity contribution in [3.8, 4) is 5.88 Å². The second kappa shape index (κ2) is 8.23. The lowest BCUT2D eigenvalue weighted by Crippen LogP contribution is -2.32. The maximum absolute atomic E-state index is 12.4. The molecule has 1 saturated heterocycles. The zero-order valence-corrected chi connectivity index (χ0v) is 15.2. The molecule has 7 nitrogen and oxygen atoms in total. The van der Waals surface area contributed by atoms with Crippen LogP contribution in [0.3, 0.4) is 0 Å². The van der Waals surface area contributed by atoms with Gasteiger partial charge in [0.25, 0.3) is 5.91 Å². The van der Waals surface area contributed by atoms with Gasteiger partial charge in [0.1, 0.15) is 11.2 Å². The Labute approximate surface area is 153 Å². The molecule has 0 aromatic carbocycles. The van der Waals surface area contributed by atoms with E-state index in [2.05, 4.69) is 20.3 Å². The maximum atomic E-state index is 12.4. The van der Waals surface area contributed by atoms with Gasteiger partial charge in [0.2, 0.25) is 5.88 Å². The third kappa shape index (κ3) is 4.16. The minimum atomic E-state index is -0.415. The second-order valence-corrected chi connectivity index (χ2v) is 6.42. The minimum Gasteiger partial charge on any atom is -0.477 e. The summed E-state index contributed by atoms with van der Waals surface area (Å²) in [6, 6.07) is 3.40. The van der Waals surface area contributed by atoms with E-state index in [9.17, 15) is 4.79 Å². The first-order valence-corrected chi connectivity index (χ1v) is 8.94. The fraction of sp³-hybridized carbons (Fsp3) is 0.474. The Morgan fingerprint density at radius 1 is 1.31 bits per heavy atom. The van der Waals surface area contributed by atoms with E-state index in [4.69, 9.17) is 9.47 Å². The van der Waals surface area contributed by atoms with E-state index in [1.165, 1.54) is 0 Å². The lowest BCUT2D eigenvalue weighted by atomic mass is 9.95. The summed E-state index contributed by atoms with van der Waals surface area (Å²) in [7, 11) is 0. The predicted molar refractivity (Wildman–Crippen MR) is 95.8 cm³/mol. The molecular weight excluding hydrogens is 332 g/mol. The van der Waals surface area contributed by atoms with Crippen LogP contribution in [0.4, 0.5) is 0 Å². The van der Waals surface area contributed by atoms with Crippen LogP contribution in [0.5, 0.6) is 5.88 Å². The molecule has 7 heteroatoms. The van der Waals surface area contributed by atoms with Gasteiger partial charge in [0, 0.05) is 37.3 Å². The Morgan fingerprint density at radius 2 is 2.12 bits per heavy atom. The van der Waals surface area contributed by atoms with Crippen molar-refractivity contribution in [1.82, 2.24) is 20.3 Å². The van der Waals surface area contributed by atoms with Crippen LogP contribution in [0.2, 0.25) is 0 Å². The van der Waals surface area contributed by atoms with E-state index in [0.29, 0.717) is 30.4 Å². The van der Waals surface area contributed by atoms with Crippen LogP contribution in [0, 0.1) is 0 Å². The van der Waals surface area contributed by atoms with Gasteiger partial charge >= 0.3 is 0 Å². The monoisotopic (exact) mass is 356 g/mol. The molecule has 1 amide bonds. The van der Waals surface area contributed by atoms with Crippen molar-refractivity contribution in [3.63, 3.8) is 0 Å². The van der Waals surface area contributed by atoms with Gasteiger partial charge in [-0.3, -0.25) is 4.79 Å². The highest BCUT2D eigenvalue weighted by atomic mass is 16.5. The van der Waals surface area contributed by atoms with Crippen LogP contribution < -0.4 is 10.1 Å². The Hall–Kier alpha value is -2.54. The number of rotatable bonds is 6. The second-order valence-electron chi connectivity index (χ2n) is 6.42. The maximum Gasteiger partial charge on any atom is 0.257 e. The molecule has 1 N–H and O–H groups in total. The topological polar surface area (TPSA) is 86.2 Å². The third-order valence-corrected chi connectivity index (χ3v) is 4.40. The highest BCUT2D eigenvalue weighted by molar-refractivity contribution is 5.96. The standard InChI is InChI=1S/C19H24N4O3/c1-3-25-17-15(7-6-9-20-17)16(24)21-11-14-12-22-18(23-13-14)19(2)8-4-5-10-26-19/h6-7,9,12-13H,3-5,8,10-11H2,1-2H3,(H,21,24)/t19-/m0/s1. The molecule has 0 unspecified atom stereocenters. The Kier molecular flexibility index (Phi) is 5.78. The quantitative estimate of drug-likeness (QED) is 0.856. The number of nitrogens with one attached hydrogen (secondary N) is 1. The first kappa shape index (κ1) is 18.3. The van der Waals surface area contributed by atoms with Gasteiger partial charge in [-0.1, -0.05) is 0 Å². The van der Waals surface area contributed by atoms with E-state index in [1.54, 1.807) is 30.7 Å². The highest BCUT2D eigenvalue weighted by Crippen LogP contribution is 2.32. The molecule has 1 atom stereocenters. The summed E-state index contributed by atoms with van der Waals surface area (Å²) in [5, 5.41) is 2.85. The van der Waals surface area contributed by atoms with E-state index < -0.39 is 5.60 Å². The van der Waals surface area contributed by atoms with Gasteiger partial charge in [0.05, 0.1) is 6.61 Å². The van der Waals surface area contributed by atoms with Crippen molar-refractivity contribution in [2.45, 2.75) is 45.3 Å². The first-order valence-electron chi connectivity index (χ1n) is 8.94. The van der Waals surface area contributed by atoms with Gasteiger partial charge in [-0.15, -0.1) is 0 Å². The minimum absolute atomic E-state index is 0.242. The summed E-state index contributed by atoms with van der Waals surface area (Å²) < 4.78 is 11.3. The van der Waals surface area contributed by atoms with Gasteiger partial charge in [-0.05, 0) is 45.2 Å². The normalized spacial score (nSPS) is 19.8. The first-order chi connectivity index (χ1) is 12.6. The molecule has 2 aromatic heterocycles. The zero-order valence-electron chi connectivity index (χ0n) is 15.2. The molecule has 0 radical (unpaired) electrons. The van der Waals surface area contributed by atoms with E-state index in [-0.39, 0.29) is 5.91 Å². The summed E-state index contributed by atoms with van der Waals surface area (Å²) in [5.74, 6) is 0.785. The fourth-order valence-corrected chi connectivity index (χ4v) is 2.92. The molecule has 0 aliphatic carbocycles. The number of pyridine rings is 1. The number of nitrogens with zero attached hydrogens (tertiary/aromatic N) is 3. The number of hydrogen-bond acceptors (Lipinski definition) is 6. The molecule has 2 aromatic rings. The average molecular weight is 356 g/mol.